The molecule has 1 aromatic heterocycles. The zero-order valence-electron chi connectivity index (χ0n) is 16.7. The van der Waals surface area contributed by atoms with Gasteiger partial charge in [0, 0.05) is 18.9 Å². The van der Waals surface area contributed by atoms with Crippen LogP contribution in [0.4, 0.5) is 0 Å². The van der Waals surface area contributed by atoms with Crippen LogP contribution in [-0.2, 0) is 17.4 Å². The molecule has 5 unspecified atom stereocenters. The highest BCUT2D eigenvalue weighted by molar-refractivity contribution is 5.91. The smallest absolute Gasteiger partial charge is 0.155 e. The monoisotopic (exact) mass is 369 g/mol. The number of carbonyl (C=O) groups is 1. The van der Waals surface area contributed by atoms with Crippen LogP contribution in [0.5, 0.6) is 0 Å². The van der Waals surface area contributed by atoms with E-state index in [-0.39, 0.29) is 5.41 Å². The van der Waals surface area contributed by atoms with Crippen molar-refractivity contribution in [2.45, 2.75) is 64.4 Å². The SMILES string of the molecule is CC1CC2=CC(=O)CCC2C2CC[C@@]3(C)C(CC[C@@]3(O)c3cn(C)nn3)C12. The van der Waals surface area contributed by atoms with Gasteiger partial charge in [-0.15, -0.1) is 5.10 Å². The molecule has 146 valence electrons. The Morgan fingerprint density at radius 1 is 1.26 bits per heavy atom. The Balaban J connectivity index is 1.51. The lowest BCUT2D eigenvalue weighted by atomic mass is 9.48. The molecule has 27 heavy (non-hydrogen) atoms. The van der Waals surface area contributed by atoms with Crippen LogP contribution in [0.1, 0.15) is 64.5 Å². The predicted octanol–water partition coefficient (Wildman–Crippen LogP) is 3.39. The highest BCUT2D eigenvalue weighted by Crippen LogP contribution is 2.68. The van der Waals surface area contributed by atoms with Crippen molar-refractivity contribution in [2.24, 2.45) is 42.1 Å². The summed E-state index contributed by atoms with van der Waals surface area (Å²) in [5.41, 5.74) is 1.17. The summed E-state index contributed by atoms with van der Waals surface area (Å²) in [7, 11) is 1.87. The van der Waals surface area contributed by atoms with Crippen LogP contribution >= 0.6 is 0 Å². The number of carbonyl (C=O) groups excluding carboxylic acids is 1. The first kappa shape index (κ1) is 17.6. The molecular weight excluding hydrogens is 338 g/mol. The number of fused-ring (bicyclic) bond motifs is 5. The van der Waals surface area contributed by atoms with Gasteiger partial charge in [0.05, 0.1) is 6.20 Å². The molecule has 0 radical (unpaired) electrons. The molecule has 5 rings (SSSR count). The number of hydrogen-bond acceptors (Lipinski definition) is 4. The molecule has 3 fully saturated rings. The minimum absolute atomic E-state index is 0.135. The molecule has 4 aliphatic carbocycles. The molecule has 0 bridgehead atoms. The van der Waals surface area contributed by atoms with Gasteiger partial charge in [0.1, 0.15) is 11.3 Å². The summed E-state index contributed by atoms with van der Waals surface area (Å²) in [6.45, 7) is 4.68. The Kier molecular flexibility index (Phi) is 3.75. The molecule has 5 nitrogen and oxygen atoms in total. The fourth-order valence-electron chi connectivity index (χ4n) is 7.56. The van der Waals surface area contributed by atoms with Crippen LogP contribution in [-0.4, -0.2) is 25.9 Å². The number of ketones is 1. The van der Waals surface area contributed by atoms with Crippen molar-refractivity contribution in [3.63, 3.8) is 0 Å². The number of allylic oxidation sites excluding steroid dienone is 1. The van der Waals surface area contributed by atoms with Crippen molar-refractivity contribution in [1.82, 2.24) is 15.0 Å². The van der Waals surface area contributed by atoms with E-state index in [0.717, 1.165) is 50.6 Å². The predicted molar refractivity (Wildman–Crippen MR) is 102 cm³/mol. The van der Waals surface area contributed by atoms with Gasteiger partial charge in [-0.3, -0.25) is 9.48 Å². The number of aromatic nitrogens is 3. The van der Waals surface area contributed by atoms with E-state index in [4.69, 9.17) is 0 Å². The number of hydrogen-bond donors (Lipinski definition) is 1. The second-order valence-corrected chi connectivity index (χ2v) is 9.99. The summed E-state index contributed by atoms with van der Waals surface area (Å²) in [5, 5.41) is 20.2. The summed E-state index contributed by atoms with van der Waals surface area (Å²) in [6, 6.07) is 0. The molecular formula is C22H31N3O2. The van der Waals surface area contributed by atoms with Gasteiger partial charge in [-0.2, -0.15) is 0 Å². The van der Waals surface area contributed by atoms with E-state index < -0.39 is 5.60 Å². The molecule has 5 heteroatoms. The molecule has 0 spiro atoms. The van der Waals surface area contributed by atoms with Crippen LogP contribution in [0.2, 0.25) is 0 Å². The maximum atomic E-state index is 11.9. The second-order valence-electron chi connectivity index (χ2n) is 9.99. The van der Waals surface area contributed by atoms with Crippen molar-refractivity contribution < 1.29 is 9.90 Å². The number of nitrogens with zero attached hydrogens (tertiary/aromatic N) is 3. The average molecular weight is 370 g/mol. The highest BCUT2D eigenvalue weighted by Gasteiger charge is 2.64. The summed E-state index contributed by atoms with van der Waals surface area (Å²) in [5.74, 6) is 3.35. The zero-order chi connectivity index (χ0) is 19.0. The highest BCUT2D eigenvalue weighted by atomic mass is 16.3. The Morgan fingerprint density at radius 3 is 2.81 bits per heavy atom. The number of aryl methyl sites for hydroxylation is 1. The Labute approximate surface area is 161 Å². The first-order valence-corrected chi connectivity index (χ1v) is 10.7. The lowest BCUT2D eigenvalue weighted by Crippen LogP contribution is -2.53. The first-order valence-electron chi connectivity index (χ1n) is 10.7. The van der Waals surface area contributed by atoms with Crippen molar-refractivity contribution in [3.05, 3.63) is 23.5 Å². The van der Waals surface area contributed by atoms with E-state index in [0.29, 0.717) is 35.4 Å². The molecule has 0 aliphatic heterocycles. The average Bonchev–Trinajstić information content (AvgIpc) is 3.17. The van der Waals surface area contributed by atoms with Gasteiger partial charge in [-0.1, -0.05) is 24.6 Å². The second kappa shape index (κ2) is 5.76. The summed E-state index contributed by atoms with van der Waals surface area (Å²) < 4.78 is 1.70. The van der Waals surface area contributed by atoms with Crippen LogP contribution in [0.25, 0.3) is 0 Å². The number of aliphatic hydroxyl groups is 1. The molecule has 1 N–H and O–H groups in total. The lowest BCUT2D eigenvalue weighted by molar-refractivity contribution is -0.134. The fraction of sp³-hybridized carbons (Fsp3) is 0.773. The molecule has 3 saturated carbocycles. The van der Waals surface area contributed by atoms with Crippen molar-refractivity contribution >= 4 is 5.78 Å². The van der Waals surface area contributed by atoms with E-state index in [1.54, 1.807) is 4.68 Å². The largest absolute Gasteiger partial charge is 0.383 e. The molecule has 0 amide bonds. The van der Waals surface area contributed by atoms with Gasteiger partial charge in [0.15, 0.2) is 5.78 Å². The number of rotatable bonds is 1. The van der Waals surface area contributed by atoms with Gasteiger partial charge >= 0.3 is 0 Å². The molecule has 1 aromatic rings. The van der Waals surface area contributed by atoms with Gasteiger partial charge in [-0.25, -0.2) is 0 Å². The third-order valence-corrected chi connectivity index (χ3v) is 8.82. The molecule has 0 saturated heterocycles. The van der Waals surface area contributed by atoms with Crippen molar-refractivity contribution in [2.75, 3.05) is 0 Å². The first-order chi connectivity index (χ1) is 12.8. The topological polar surface area (TPSA) is 68.0 Å². The van der Waals surface area contributed by atoms with Crippen LogP contribution in [0.3, 0.4) is 0 Å². The van der Waals surface area contributed by atoms with Gasteiger partial charge < -0.3 is 5.11 Å². The maximum absolute atomic E-state index is 11.9. The van der Waals surface area contributed by atoms with E-state index in [1.807, 2.05) is 19.3 Å². The van der Waals surface area contributed by atoms with E-state index in [2.05, 4.69) is 24.2 Å². The quantitative estimate of drug-likeness (QED) is 0.824. The van der Waals surface area contributed by atoms with Crippen molar-refractivity contribution in [1.29, 1.82) is 0 Å². The molecule has 1 heterocycles. The van der Waals surface area contributed by atoms with E-state index in [1.165, 1.54) is 5.57 Å². The van der Waals surface area contributed by atoms with Crippen LogP contribution in [0, 0.1) is 35.0 Å². The van der Waals surface area contributed by atoms with Gasteiger partial charge in [0.25, 0.3) is 0 Å². The lowest BCUT2D eigenvalue weighted by Gasteiger charge is -2.57. The summed E-state index contributed by atoms with van der Waals surface area (Å²) in [4.78, 5) is 11.9. The van der Waals surface area contributed by atoms with E-state index in [9.17, 15) is 9.90 Å². The standard InChI is InChI=1S/C22H31N3O2/c1-13-10-14-11-15(26)4-5-16(14)17-6-8-21(2)18(20(13)17)7-9-22(21,27)19-12-25(3)24-23-19/h11-13,16-18,20,27H,4-10H2,1-3H3/t13?,16?,17?,18?,20?,21-,22+/m0/s1. The molecule has 0 aromatic carbocycles. The third kappa shape index (κ3) is 2.30. The zero-order valence-corrected chi connectivity index (χ0v) is 16.7. The molecule has 4 aliphatic rings. The fourth-order valence-corrected chi connectivity index (χ4v) is 7.56. The maximum Gasteiger partial charge on any atom is 0.155 e. The van der Waals surface area contributed by atoms with E-state index >= 15 is 0 Å². The third-order valence-electron chi connectivity index (χ3n) is 8.82. The minimum atomic E-state index is -0.866. The Hall–Kier alpha value is -1.49. The Morgan fingerprint density at radius 2 is 2.07 bits per heavy atom. The summed E-state index contributed by atoms with van der Waals surface area (Å²) >= 11 is 0. The molecule has 7 atom stereocenters. The normalized spacial score (nSPS) is 46.4. The Bertz CT molecular complexity index is 814. The van der Waals surface area contributed by atoms with Crippen LogP contribution < -0.4 is 0 Å². The van der Waals surface area contributed by atoms with Gasteiger partial charge in [0.2, 0.25) is 0 Å². The van der Waals surface area contributed by atoms with Gasteiger partial charge in [-0.05, 0) is 74.2 Å². The minimum Gasteiger partial charge on any atom is -0.383 e. The van der Waals surface area contributed by atoms with Crippen LogP contribution in [0.15, 0.2) is 17.8 Å². The summed E-state index contributed by atoms with van der Waals surface area (Å²) in [6.07, 6.45) is 10.7. The van der Waals surface area contributed by atoms with Crippen molar-refractivity contribution in [3.8, 4) is 0 Å².